The second-order valence-corrected chi connectivity index (χ2v) is 7.82. The Morgan fingerprint density at radius 1 is 1.25 bits per heavy atom. The average molecular weight is 276 g/mol. The molecule has 2 bridgehead atoms. The van der Waals surface area contributed by atoms with Crippen LogP contribution in [0, 0.1) is 40.9 Å². The van der Waals surface area contributed by atoms with Crippen LogP contribution in [0.15, 0.2) is 0 Å². The summed E-state index contributed by atoms with van der Waals surface area (Å²) in [5.41, 5.74) is -0.418. The van der Waals surface area contributed by atoms with E-state index in [0.717, 1.165) is 24.2 Å². The number of hydrogen-bond acceptors (Lipinski definition) is 3. The maximum absolute atomic E-state index is 12.3. The summed E-state index contributed by atoms with van der Waals surface area (Å²) in [4.78, 5) is 23.9. The lowest BCUT2D eigenvalue weighted by Crippen LogP contribution is -2.41. The SMILES string of the molecule is CCCC1CC(C)C2C3CC(C12)C1(CC(=O)OC1=O)C3. The zero-order valence-electron chi connectivity index (χ0n) is 12.4. The van der Waals surface area contributed by atoms with E-state index in [0.29, 0.717) is 24.2 Å². The third-order valence-electron chi connectivity index (χ3n) is 6.95. The normalized spacial score (nSPS) is 52.9. The van der Waals surface area contributed by atoms with Gasteiger partial charge in [-0.2, -0.15) is 0 Å². The van der Waals surface area contributed by atoms with Crippen molar-refractivity contribution in [3.8, 4) is 0 Å². The van der Waals surface area contributed by atoms with Gasteiger partial charge in [0.2, 0.25) is 0 Å². The maximum atomic E-state index is 12.3. The molecule has 3 nitrogen and oxygen atoms in total. The van der Waals surface area contributed by atoms with E-state index >= 15 is 0 Å². The minimum absolute atomic E-state index is 0.191. The Bertz CT molecular complexity index is 471. The van der Waals surface area contributed by atoms with Gasteiger partial charge in [-0.25, -0.2) is 0 Å². The molecule has 7 atom stereocenters. The van der Waals surface area contributed by atoms with Gasteiger partial charge in [-0.1, -0.05) is 26.7 Å². The number of cyclic esters (lactones) is 2. The Morgan fingerprint density at radius 3 is 2.70 bits per heavy atom. The zero-order chi connectivity index (χ0) is 14.1. The van der Waals surface area contributed by atoms with E-state index in [4.69, 9.17) is 4.74 Å². The third kappa shape index (κ3) is 1.42. The predicted octanol–water partition coefficient (Wildman–Crippen LogP) is 3.17. The summed E-state index contributed by atoms with van der Waals surface area (Å²) in [5.74, 6) is 3.69. The molecular formula is C17H24O3. The van der Waals surface area contributed by atoms with Gasteiger partial charge < -0.3 is 4.74 Å². The number of carbonyl (C=O) groups excluding carboxylic acids is 2. The van der Waals surface area contributed by atoms with Crippen molar-refractivity contribution in [1.29, 1.82) is 0 Å². The predicted molar refractivity (Wildman–Crippen MR) is 73.5 cm³/mol. The number of hydrogen-bond donors (Lipinski definition) is 0. The lowest BCUT2D eigenvalue weighted by Gasteiger charge is -2.39. The van der Waals surface area contributed by atoms with Crippen LogP contribution >= 0.6 is 0 Å². The molecule has 4 fully saturated rings. The molecule has 0 radical (unpaired) electrons. The molecule has 110 valence electrons. The molecule has 0 aromatic carbocycles. The van der Waals surface area contributed by atoms with Crippen LogP contribution in [0.3, 0.4) is 0 Å². The Kier molecular flexibility index (Phi) is 2.62. The van der Waals surface area contributed by atoms with Crippen molar-refractivity contribution in [2.45, 2.75) is 52.4 Å². The molecule has 20 heavy (non-hydrogen) atoms. The highest BCUT2D eigenvalue weighted by Gasteiger charge is 2.69. The van der Waals surface area contributed by atoms with E-state index < -0.39 is 5.41 Å². The van der Waals surface area contributed by atoms with Gasteiger partial charge in [0, 0.05) is 0 Å². The van der Waals surface area contributed by atoms with Crippen LogP contribution in [0.5, 0.6) is 0 Å². The van der Waals surface area contributed by atoms with E-state index in [1.807, 2.05) is 0 Å². The molecule has 7 unspecified atom stereocenters. The fourth-order valence-electron chi connectivity index (χ4n) is 6.62. The van der Waals surface area contributed by atoms with Crippen LogP contribution in [0.25, 0.3) is 0 Å². The molecule has 1 spiro atoms. The summed E-state index contributed by atoms with van der Waals surface area (Å²) in [7, 11) is 0. The van der Waals surface area contributed by atoms with Crippen molar-refractivity contribution in [3.63, 3.8) is 0 Å². The largest absolute Gasteiger partial charge is 0.393 e. The first-order valence-corrected chi connectivity index (χ1v) is 8.32. The molecule has 1 heterocycles. The van der Waals surface area contributed by atoms with Crippen LogP contribution in [-0.4, -0.2) is 11.9 Å². The Hall–Kier alpha value is -0.860. The van der Waals surface area contributed by atoms with E-state index in [-0.39, 0.29) is 11.9 Å². The number of carbonyl (C=O) groups is 2. The minimum atomic E-state index is -0.418. The Balaban J connectivity index is 1.68. The van der Waals surface area contributed by atoms with E-state index in [1.165, 1.54) is 25.7 Å². The number of ether oxygens (including phenoxy) is 1. The highest BCUT2D eigenvalue weighted by Crippen LogP contribution is 2.70. The van der Waals surface area contributed by atoms with Crippen LogP contribution in [0.1, 0.15) is 52.4 Å². The van der Waals surface area contributed by atoms with E-state index in [9.17, 15) is 9.59 Å². The summed E-state index contributed by atoms with van der Waals surface area (Å²) in [6.07, 6.45) is 6.30. The van der Waals surface area contributed by atoms with Crippen molar-refractivity contribution in [3.05, 3.63) is 0 Å². The molecule has 1 aliphatic heterocycles. The average Bonchev–Trinajstić information content (AvgIpc) is 3.06. The van der Waals surface area contributed by atoms with Gasteiger partial charge in [0.05, 0.1) is 11.8 Å². The van der Waals surface area contributed by atoms with Crippen molar-refractivity contribution in [2.75, 3.05) is 0 Å². The maximum Gasteiger partial charge on any atom is 0.320 e. The highest BCUT2D eigenvalue weighted by atomic mass is 16.6. The highest BCUT2D eigenvalue weighted by molar-refractivity contribution is 5.98. The van der Waals surface area contributed by atoms with Crippen molar-refractivity contribution < 1.29 is 14.3 Å². The van der Waals surface area contributed by atoms with E-state index in [1.54, 1.807) is 0 Å². The number of esters is 2. The lowest BCUT2D eigenvalue weighted by molar-refractivity contribution is -0.157. The first-order valence-electron chi connectivity index (χ1n) is 8.32. The van der Waals surface area contributed by atoms with Gasteiger partial charge in [-0.05, 0) is 54.8 Å². The smallest absolute Gasteiger partial charge is 0.320 e. The number of rotatable bonds is 2. The van der Waals surface area contributed by atoms with Crippen LogP contribution in [0.4, 0.5) is 0 Å². The quantitative estimate of drug-likeness (QED) is 0.574. The summed E-state index contributed by atoms with van der Waals surface area (Å²) in [6.45, 7) is 4.66. The molecule has 4 aliphatic rings. The second kappa shape index (κ2) is 4.08. The standard InChI is InChI=1S/C17H24O3/c1-3-4-10-5-9(2)14-11-6-12(15(10)14)17(7-11)8-13(18)20-16(17)19/h9-12,14-15H,3-8H2,1-2H3. The molecule has 3 aliphatic carbocycles. The summed E-state index contributed by atoms with van der Waals surface area (Å²) in [5, 5.41) is 0. The minimum Gasteiger partial charge on any atom is -0.393 e. The zero-order valence-corrected chi connectivity index (χ0v) is 12.4. The second-order valence-electron chi connectivity index (χ2n) is 7.82. The molecule has 0 aromatic rings. The van der Waals surface area contributed by atoms with Crippen LogP contribution < -0.4 is 0 Å². The van der Waals surface area contributed by atoms with Crippen LogP contribution in [0.2, 0.25) is 0 Å². The summed E-state index contributed by atoms with van der Waals surface area (Å²) < 4.78 is 4.94. The van der Waals surface area contributed by atoms with E-state index in [2.05, 4.69) is 13.8 Å². The van der Waals surface area contributed by atoms with Gasteiger partial charge in [0.25, 0.3) is 0 Å². The molecule has 0 N–H and O–H groups in total. The molecular weight excluding hydrogens is 252 g/mol. The topological polar surface area (TPSA) is 43.4 Å². The van der Waals surface area contributed by atoms with Crippen LogP contribution in [-0.2, 0) is 14.3 Å². The number of fused-ring (bicyclic) bond motifs is 6. The lowest BCUT2D eigenvalue weighted by atomic mass is 9.62. The monoisotopic (exact) mass is 276 g/mol. The first-order chi connectivity index (χ1) is 9.56. The fraction of sp³-hybridized carbons (Fsp3) is 0.882. The molecule has 0 aromatic heterocycles. The van der Waals surface area contributed by atoms with Crippen molar-refractivity contribution in [1.82, 2.24) is 0 Å². The van der Waals surface area contributed by atoms with Gasteiger partial charge >= 0.3 is 11.9 Å². The van der Waals surface area contributed by atoms with Crippen molar-refractivity contribution in [2.24, 2.45) is 40.9 Å². The Labute approximate surface area is 120 Å². The fourth-order valence-corrected chi connectivity index (χ4v) is 6.62. The van der Waals surface area contributed by atoms with Gasteiger partial charge in [0.15, 0.2) is 0 Å². The molecule has 0 amide bonds. The summed E-state index contributed by atoms with van der Waals surface area (Å²) >= 11 is 0. The van der Waals surface area contributed by atoms with Gasteiger partial charge in [-0.3, -0.25) is 9.59 Å². The van der Waals surface area contributed by atoms with Crippen molar-refractivity contribution >= 4 is 11.9 Å². The third-order valence-corrected chi connectivity index (χ3v) is 6.95. The molecule has 1 saturated heterocycles. The van der Waals surface area contributed by atoms with Gasteiger partial charge in [-0.15, -0.1) is 0 Å². The van der Waals surface area contributed by atoms with Gasteiger partial charge in [0.1, 0.15) is 0 Å². The first kappa shape index (κ1) is 12.8. The Morgan fingerprint density at radius 2 is 2.05 bits per heavy atom. The molecule has 3 heteroatoms. The molecule has 3 saturated carbocycles. The molecule has 4 rings (SSSR count). The summed E-state index contributed by atoms with van der Waals surface area (Å²) in [6, 6.07) is 0.